The van der Waals surface area contributed by atoms with Crippen molar-refractivity contribution in [2.24, 2.45) is 0 Å². The number of nitrogens with zero attached hydrogens (tertiary/aromatic N) is 1. The van der Waals surface area contributed by atoms with Crippen LogP contribution in [-0.4, -0.2) is 5.11 Å². The van der Waals surface area contributed by atoms with Crippen LogP contribution in [0.15, 0.2) is 78.9 Å². The summed E-state index contributed by atoms with van der Waals surface area (Å²) in [5.74, 6) is 0.0427. The molecule has 23 heavy (non-hydrogen) atoms. The van der Waals surface area contributed by atoms with Crippen LogP contribution >= 0.6 is 0 Å². The Labute approximate surface area is 136 Å². The number of para-hydroxylation sites is 3. The first-order chi connectivity index (χ1) is 11.3. The van der Waals surface area contributed by atoms with Gasteiger partial charge in [-0.25, -0.2) is 0 Å². The molecular weight excluding hydrogens is 282 g/mol. The number of fused-ring (bicyclic) bond motifs is 2. The largest absolute Gasteiger partial charge is 0.388 e. The van der Waals surface area contributed by atoms with E-state index in [1.54, 1.807) is 0 Å². The van der Waals surface area contributed by atoms with E-state index in [2.05, 4.69) is 48.2 Å². The minimum atomic E-state index is -0.513. The van der Waals surface area contributed by atoms with Gasteiger partial charge in [0, 0.05) is 22.9 Å². The zero-order valence-electron chi connectivity index (χ0n) is 13.1. The number of anilines is 3. The van der Waals surface area contributed by atoms with Crippen molar-refractivity contribution in [3.8, 4) is 0 Å². The highest BCUT2D eigenvalue weighted by Crippen LogP contribution is 2.48. The standard InChI is InChI=1S/C21H19NO/c1-15-17-11-5-7-13-19(17)22(16-9-3-2-4-10-16)20-14-8-6-12-18(20)21(15)23/h2-15,21,23H,1H3. The van der Waals surface area contributed by atoms with Gasteiger partial charge in [0.1, 0.15) is 0 Å². The van der Waals surface area contributed by atoms with E-state index in [0.717, 1.165) is 22.6 Å². The lowest BCUT2D eigenvalue weighted by atomic mass is 9.91. The molecule has 4 rings (SSSR count). The number of rotatable bonds is 1. The predicted octanol–water partition coefficient (Wildman–Crippen LogP) is 5.31. The van der Waals surface area contributed by atoms with Gasteiger partial charge in [-0.3, -0.25) is 0 Å². The van der Waals surface area contributed by atoms with E-state index in [1.807, 2.05) is 42.5 Å². The van der Waals surface area contributed by atoms with E-state index in [0.29, 0.717) is 0 Å². The SMILES string of the molecule is CC1c2ccccc2N(c2ccccc2)c2ccccc2C1O. The molecule has 2 nitrogen and oxygen atoms in total. The lowest BCUT2D eigenvalue weighted by Crippen LogP contribution is -2.11. The Morgan fingerprint density at radius 1 is 0.696 bits per heavy atom. The Bertz CT molecular complexity index is 777. The molecule has 0 radical (unpaired) electrons. The fraction of sp³-hybridized carbons (Fsp3) is 0.143. The molecule has 114 valence electrons. The minimum absolute atomic E-state index is 0.0427. The van der Waals surface area contributed by atoms with Gasteiger partial charge in [0.15, 0.2) is 0 Å². The van der Waals surface area contributed by atoms with Gasteiger partial charge in [0.25, 0.3) is 0 Å². The molecule has 0 aromatic heterocycles. The summed E-state index contributed by atoms with van der Waals surface area (Å²) in [6.45, 7) is 2.09. The highest BCUT2D eigenvalue weighted by atomic mass is 16.3. The van der Waals surface area contributed by atoms with E-state index in [4.69, 9.17) is 0 Å². The molecule has 3 aromatic rings. The Morgan fingerprint density at radius 2 is 1.22 bits per heavy atom. The lowest BCUT2D eigenvalue weighted by Gasteiger charge is -2.27. The minimum Gasteiger partial charge on any atom is -0.388 e. The van der Waals surface area contributed by atoms with Gasteiger partial charge in [0.05, 0.1) is 11.8 Å². The van der Waals surface area contributed by atoms with Crippen LogP contribution in [0.1, 0.15) is 30.1 Å². The van der Waals surface area contributed by atoms with Gasteiger partial charge in [-0.05, 0) is 29.8 Å². The molecule has 3 aromatic carbocycles. The maximum absolute atomic E-state index is 10.9. The van der Waals surface area contributed by atoms with Crippen molar-refractivity contribution in [3.05, 3.63) is 90.0 Å². The van der Waals surface area contributed by atoms with Gasteiger partial charge in [0.2, 0.25) is 0 Å². The molecule has 0 spiro atoms. The summed E-state index contributed by atoms with van der Waals surface area (Å²) in [6.07, 6.45) is -0.513. The third kappa shape index (κ3) is 2.23. The zero-order valence-corrected chi connectivity index (χ0v) is 13.1. The fourth-order valence-corrected chi connectivity index (χ4v) is 3.44. The van der Waals surface area contributed by atoms with Gasteiger partial charge >= 0.3 is 0 Å². The van der Waals surface area contributed by atoms with Crippen LogP contribution in [0, 0.1) is 0 Å². The van der Waals surface area contributed by atoms with Crippen molar-refractivity contribution in [2.75, 3.05) is 4.90 Å². The average Bonchev–Trinajstić information content (AvgIpc) is 2.71. The highest BCUT2D eigenvalue weighted by molar-refractivity contribution is 5.82. The second-order valence-corrected chi connectivity index (χ2v) is 6.02. The Balaban J connectivity index is 2.04. The van der Waals surface area contributed by atoms with E-state index < -0.39 is 6.10 Å². The Morgan fingerprint density at radius 3 is 1.91 bits per heavy atom. The molecular formula is C21H19NO. The number of benzene rings is 3. The van der Waals surface area contributed by atoms with E-state index in [-0.39, 0.29) is 5.92 Å². The second-order valence-electron chi connectivity index (χ2n) is 6.02. The summed E-state index contributed by atoms with van der Waals surface area (Å²) < 4.78 is 0. The normalized spacial score (nSPS) is 19.7. The van der Waals surface area contributed by atoms with Crippen LogP contribution in [0.25, 0.3) is 0 Å². The number of hydrogen-bond donors (Lipinski definition) is 1. The van der Waals surface area contributed by atoms with Crippen molar-refractivity contribution in [2.45, 2.75) is 18.9 Å². The van der Waals surface area contributed by atoms with Gasteiger partial charge in [-0.2, -0.15) is 0 Å². The molecule has 0 bridgehead atoms. The van der Waals surface area contributed by atoms with Crippen LogP contribution < -0.4 is 4.90 Å². The first-order valence-corrected chi connectivity index (χ1v) is 7.98. The summed E-state index contributed by atoms with van der Waals surface area (Å²) in [5.41, 5.74) is 5.42. The molecule has 2 heteroatoms. The smallest absolute Gasteiger partial charge is 0.0876 e. The second kappa shape index (κ2) is 5.56. The van der Waals surface area contributed by atoms with Crippen LogP contribution in [0.4, 0.5) is 17.1 Å². The zero-order chi connectivity index (χ0) is 15.8. The topological polar surface area (TPSA) is 23.5 Å². The Kier molecular flexibility index (Phi) is 3.40. The van der Waals surface area contributed by atoms with E-state index in [9.17, 15) is 5.11 Å². The summed E-state index contributed by atoms with van der Waals surface area (Å²) in [4.78, 5) is 2.25. The van der Waals surface area contributed by atoms with Gasteiger partial charge in [-0.15, -0.1) is 0 Å². The molecule has 0 saturated carbocycles. The molecule has 0 amide bonds. The lowest BCUT2D eigenvalue weighted by molar-refractivity contribution is 0.153. The molecule has 0 aliphatic carbocycles. The van der Waals surface area contributed by atoms with Crippen molar-refractivity contribution < 1.29 is 5.11 Å². The van der Waals surface area contributed by atoms with Crippen LogP contribution in [-0.2, 0) is 0 Å². The Hall–Kier alpha value is -2.58. The van der Waals surface area contributed by atoms with Crippen molar-refractivity contribution in [3.63, 3.8) is 0 Å². The van der Waals surface area contributed by atoms with Gasteiger partial charge in [-0.1, -0.05) is 61.5 Å². The summed E-state index contributed by atoms with van der Waals surface area (Å²) in [6, 6.07) is 26.8. The van der Waals surface area contributed by atoms with Crippen LogP contribution in [0.3, 0.4) is 0 Å². The summed E-state index contributed by atoms with van der Waals surface area (Å²) >= 11 is 0. The van der Waals surface area contributed by atoms with Crippen LogP contribution in [0.5, 0.6) is 0 Å². The molecule has 2 unspecified atom stereocenters. The number of aliphatic hydroxyl groups excluding tert-OH is 1. The van der Waals surface area contributed by atoms with Crippen molar-refractivity contribution in [1.29, 1.82) is 0 Å². The van der Waals surface area contributed by atoms with Crippen LogP contribution in [0.2, 0.25) is 0 Å². The molecule has 1 aliphatic heterocycles. The maximum atomic E-state index is 10.9. The van der Waals surface area contributed by atoms with Crippen molar-refractivity contribution >= 4 is 17.1 Å². The third-order valence-corrected chi connectivity index (χ3v) is 4.65. The van der Waals surface area contributed by atoms with Gasteiger partial charge < -0.3 is 10.0 Å². The molecule has 0 fully saturated rings. The highest BCUT2D eigenvalue weighted by Gasteiger charge is 2.31. The summed E-state index contributed by atoms with van der Waals surface area (Å²) in [5, 5.41) is 10.9. The molecule has 1 heterocycles. The number of hydrogen-bond acceptors (Lipinski definition) is 2. The van der Waals surface area contributed by atoms with E-state index >= 15 is 0 Å². The number of aliphatic hydroxyl groups is 1. The molecule has 0 saturated heterocycles. The molecule has 2 atom stereocenters. The van der Waals surface area contributed by atoms with E-state index in [1.165, 1.54) is 5.56 Å². The first kappa shape index (κ1) is 14.0. The fourth-order valence-electron chi connectivity index (χ4n) is 3.44. The molecule has 1 aliphatic rings. The maximum Gasteiger partial charge on any atom is 0.0876 e. The van der Waals surface area contributed by atoms with Crippen molar-refractivity contribution in [1.82, 2.24) is 0 Å². The average molecular weight is 301 g/mol. The third-order valence-electron chi connectivity index (χ3n) is 4.65. The molecule has 1 N–H and O–H groups in total. The summed E-state index contributed by atoms with van der Waals surface area (Å²) in [7, 11) is 0. The first-order valence-electron chi connectivity index (χ1n) is 7.98. The monoisotopic (exact) mass is 301 g/mol. The quantitative estimate of drug-likeness (QED) is 0.658. The predicted molar refractivity (Wildman–Crippen MR) is 94.5 cm³/mol.